The number of rotatable bonds is 9. The summed E-state index contributed by atoms with van der Waals surface area (Å²) in [6.45, 7) is 9.58. The van der Waals surface area contributed by atoms with E-state index < -0.39 is 0 Å². The second-order valence-corrected chi connectivity index (χ2v) is 6.87. The van der Waals surface area contributed by atoms with Crippen molar-refractivity contribution in [3.63, 3.8) is 0 Å². The number of nitrogens with one attached hydrogen (secondary N) is 1. The third kappa shape index (κ3) is 8.38. The van der Waals surface area contributed by atoms with Crippen LogP contribution in [0.1, 0.15) is 23.1 Å². The Bertz CT molecular complexity index is 662. The first-order chi connectivity index (χ1) is 12.8. The summed E-state index contributed by atoms with van der Waals surface area (Å²) < 4.78 is 11.4. The molecule has 1 heterocycles. The molecule has 0 bridgehead atoms. The topological polar surface area (TPSA) is 33.7 Å². The van der Waals surface area contributed by atoms with E-state index in [9.17, 15) is 0 Å². The normalized spacial score (nSPS) is 14.0. The minimum absolute atomic E-state index is 0. The van der Waals surface area contributed by atoms with Gasteiger partial charge >= 0.3 is 0 Å². The lowest BCUT2D eigenvalue weighted by Gasteiger charge is -2.26. The average molecular weight is 427 g/mol. The largest absolute Gasteiger partial charge is 0.489 e. The van der Waals surface area contributed by atoms with E-state index in [-0.39, 0.29) is 24.8 Å². The van der Waals surface area contributed by atoms with Gasteiger partial charge in [-0.05, 0) is 38.1 Å². The van der Waals surface area contributed by atoms with Crippen molar-refractivity contribution in [1.82, 2.24) is 10.2 Å². The summed E-state index contributed by atoms with van der Waals surface area (Å²) >= 11 is 0. The monoisotopic (exact) mass is 426 g/mol. The molecule has 0 aromatic heterocycles. The zero-order chi connectivity index (χ0) is 18.0. The van der Waals surface area contributed by atoms with Crippen molar-refractivity contribution in [2.24, 2.45) is 0 Å². The van der Waals surface area contributed by atoms with Gasteiger partial charge in [-0.3, -0.25) is 4.90 Å². The summed E-state index contributed by atoms with van der Waals surface area (Å²) in [5.74, 6) is 0.966. The van der Waals surface area contributed by atoms with Crippen LogP contribution in [0.15, 0.2) is 48.5 Å². The molecule has 0 aliphatic carbocycles. The molecule has 3 rings (SSSR count). The Labute approximate surface area is 181 Å². The molecule has 156 valence electrons. The average Bonchev–Trinajstić information content (AvgIpc) is 2.69. The zero-order valence-corrected chi connectivity index (χ0v) is 18.2. The van der Waals surface area contributed by atoms with Crippen molar-refractivity contribution in [3.05, 3.63) is 65.2 Å². The van der Waals surface area contributed by atoms with E-state index in [0.29, 0.717) is 6.61 Å². The van der Waals surface area contributed by atoms with Gasteiger partial charge in [-0.25, -0.2) is 0 Å². The molecule has 0 atom stereocenters. The van der Waals surface area contributed by atoms with Crippen molar-refractivity contribution >= 4 is 24.8 Å². The van der Waals surface area contributed by atoms with E-state index in [0.717, 1.165) is 58.1 Å². The van der Waals surface area contributed by atoms with Gasteiger partial charge in [-0.15, -0.1) is 24.8 Å². The van der Waals surface area contributed by atoms with Crippen LogP contribution in [0.4, 0.5) is 0 Å². The molecule has 1 aliphatic heterocycles. The van der Waals surface area contributed by atoms with Gasteiger partial charge in [-0.2, -0.15) is 0 Å². The van der Waals surface area contributed by atoms with Crippen LogP contribution in [0.5, 0.6) is 5.75 Å². The van der Waals surface area contributed by atoms with Crippen molar-refractivity contribution in [2.75, 3.05) is 39.4 Å². The summed E-state index contributed by atoms with van der Waals surface area (Å²) in [5.41, 5.74) is 3.69. The molecule has 4 nitrogen and oxygen atoms in total. The Kier molecular flexibility index (Phi) is 12.2. The third-order valence-corrected chi connectivity index (χ3v) is 4.73. The van der Waals surface area contributed by atoms with Crippen molar-refractivity contribution in [1.29, 1.82) is 0 Å². The van der Waals surface area contributed by atoms with Gasteiger partial charge in [-0.1, -0.05) is 48.0 Å². The highest BCUT2D eigenvalue weighted by molar-refractivity contribution is 5.85. The third-order valence-electron chi connectivity index (χ3n) is 4.73. The number of hydrogen-bond acceptors (Lipinski definition) is 4. The van der Waals surface area contributed by atoms with E-state index >= 15 is 0 Å². The van der Waals surface area contributed by atoms with E-state index in [2.05, 4.69) is 59.6 Å². The SMILES string of the molecule is Cc1ccc(COc2ccccc2CNCCCN2CCOCC2)cc1.Cl.Cl. The first kappa shape index (κ1) is 24.7. The molecule has 1 N–H and O–H groups in total. The second-order valence-electron chi connectivity index (χ2n) is 6.87. The van der Waals surface area contributed by atoms with Crippen LogP contribution >= 0.6 is 24.8 Å². The fourth-order valence-electron chi connectivity index (χ4n) is 3.11. The maximum atomic E-state index is 6.05. The number of ether oxygens (including phenoxy) is 2. The quantitative estimate of drug-likeness (QED) is 0.608. The van der Waals surface area contributed by atoms with Gasteiger partial charge < -0.3 is 14.8 Å². The second kappa shape index (κ2) is 13.8. The molecule has 0 unspecified atom stereocenters. The highest BCUT2D eigenvalue weighted by Gasteiger charge is 2.09. The number of hydrogen-bond donors (Lipinski definition) is 1. The molecule has 2 aromatic carbocycles. The van der Waals surface area contributed by atoms with Gasteiger partial charge in [0.1, 0.15) is 12.4 Å². The van der Waals surface area contributed by atoms with E-state index in [1.165, 1.54) is 16.7 Å². The lowest BCUT2D eigenvalue weighted by atomic mass is 10.1. The van der Waals surface area contributed by atoms with Crippen LogP contribution in [0.3, 0.4) is 0 Å². The van der Waals surface area contributed by atoms with Gasteiger partial charge in [0, 0.05) is 25.2 Å². The molecule has 28 heavy (non-hydrogen) atoms. The zero-order valence-electron chi connectivity index (χ0n) is 16.6. The van der Waals surface area contributed by atoms with Crippen molar-refractivity contribution in [3.8, 4) is 5.75 Å². The molecule has 1 fully saturated rings. The van der Waals surface area contributed by atoms with E-state index in [4.69, 9.17) is 9.47 Å². The lowest BCUT2D eigenvalue weighted by Crippen LogP contribution is -2.37. The van der Waals surface area contributed by atoms with E-state index in [1.54, 1.807) is 0 Å². The minimum atomic E-state index is 0. The molecule has 0 radical (unpaired) electrons. The van der Waals surface area contributed by atoms with Crippen LogP contribution in [0.25, 0.3) is 0 Å². The molecule has 6 heteroatoms. The molecule has 0 saturated carbocycles. The number of morpholine rings is 1. The Balaban J connectivity index is 0.00000196. The summed E-state index contributed by atoms with van der Waals surface area (Å²) in [4.78, 5) is 2.48. The van der Waals surface area contributed by atoms with Crippen molar-refractivity contribution in [2.45, 2.75) is 26.5 Å². The molecule has 0 amide bonds. The van der Waals surface area contributed by atoms with Crippen molar-refractivity contribution < 1.29 is 9.47 Å². The van der Waals surface area contributed by atoms with Gasteiger partial charge in [0.05, 0.1) is 13.2 Å². The standard InChI is InChI=1S/C22H30N2O2.2ClH/c1-19-7-9-20(10-8-19)18-26-22-6-3-2-5-21(22)17-23-11-4-12-24-13-15-25-16-14-24;;/h2-3,5-10,23H,4,11-18H2,1H3;2*1H. The molecular weight excluding hydrogens is 395 g/mol. The smallest absolute Gasteiger partial charge is 0.124 e. The molecule has 1 aliphatic rings. The lowest BCUT2D eigenvalue weighted by molar-refractivity contribution is 0.0374. The number of halogens is 2. The first-order valence-electron chi connectivity index (χ1n) is 9.58. The molecule has 2 aromatic rings. The van der Waals surface area contributed by atoms with Crippen LogP contribution in [-0.2, 0) is 17.9 Å². The summed E-state index contributed by atoms with van der Waals surface area (Å²) in [6.07, 6.45) is 1.16. The first-order valence-corrected chi connectivity index (χ1v) is 9.58. The summed E-state index contributed by atoms with van der Waals surface area (Å²) in [7, 11) is 0. The van der Waals surface area contributed by atoms with E-state index in [1.807, 2.05) is 6.07 Å². The highest BCUT2D eigenvalue weighted by Crippen LogP contribution is 2.19. The Hall–Kier alpha value is -1.30. The Morgan fingerprint density at radius 3 is 2.46 bits per heavy atom. The predicted molar refractivity (Wildman–Crippen MR) is 120 cm³/mol. The molecule has 1 saturated heterocycles. The molecular formula is C22H32Cl2N2O2. The van der Waals surface area contributed by atoms with Crippen LogP contribution in [0.2, 0.25) is 0 Å². The highest BCUT2D eigenvalue weighted by atomic mass is 35.5. The van der Waals surface area contributed by atoms with Crippen LogP contribution < -0.4 is 10.1 Å². The maximum Gasteiger partial charge on any atom is 0.124 e. The maximum absolute atomic E-state index is 6.05. The summed E-state index contributed by atoms with van der Waals surface area (Å²) in [6, 6.07) is 16.8. The fraction of sp³-hybridized carbons (Fsp3) is 0.455. The van der Waals surface area contributed by atoms with Crippen LogP contribution in [0, 0.1) is 6.92 Å². The number of aryl methyl sites for hydroxylation is 1. The number of nitrogens with zero attached hydrogens (tertiary/aromatic N) is 1. The number of benzene rings is 2. The van der Waals surface area contributed by atoms with Gasteiger partial charge in [0.2, 0.25) is 0 Å². The minimum Gasteiger partial charge on any atom is -0.489 e. The van der Waals surface area contributed by atoms with Gasteiger partial charge in [0.25, 0.3) is 0 Å². The van der Waals surface area contributed by atoms with Gasteiger partial charge in [0.15, 0.2) is 0 Å². The Morgan fingerprint density at radius 2 is 1.71 bits per heavy atom. The summed E-state index contributed by atoms with van der Waals surface area (Å²) in [5, 5.41) is 3.55. The molecule has 0 spiro atoms. The number of para-hydroxylation sites is 1. The fourth-order valence-corrected chi connectivity index (χ4v) is 3.11. The Morgan fingerprint density at radius 1 is 1.00 bits per heavy atom. The van der Waals surface area contributed by atoms with Crippen LogP contribution in [-0.4, -0.2) is 44.3 Å². The predicted octanol–water partition coefficient (Wildman–Crippen LogP) is 4.23.